The van der Waals surface area contributed by atoms with E-state index in [9.17, 15) is 9.90 Å². The third-order valence-electron chi connectivity index (χ3n) is 7.72. The molecule has 6 heteroatoms. The van der Waals surface area contributed by atoms with Gasteiger partial charge in [0.05, 0.1) is 22.3 Å². The monoisotopic (exact) mass is 504 g/mol. The lowest BCUT2D eigenvalue weighted by atomic mass is 9.97. The zero-order valence-electron chi connectivity index (χ0n) is 22.2. The molecule has 0 amide bonds. The molecule has 3 aromatic carbocycles. The van der Waals surface area contributed by atoms with E-state index in [1.807, 2.05) is 48.5 Å². The Morgan fingerprint density at radius 1 is 1.00 bits per heavy atom. The number of rotatable bonds is 7. The van der Waals surface area contributed by atoms with Crippen molar-refractivity contribution in [3.05, 3.63) is 94.6 Å². The number of hydrogen-bond acceptors (Lipinski definition) is 3. The van der Waals surface area contributed by atoms with Crippen LogP contribution in [0.3, 0.4) is 0 Å². The highest BCUT2D eigenvalue weighted by atomic mass is 16.4. The van der Waals surface area contributed by atoms with E-state index in [1.54, 1.807) is 0 Å². The molecule has 0 atom stereocenters. The Balaban J connectivity index is 1.46. The second-order valence-corrected chi connectivity index (χ2v) is 10.3. The first-order chi connectivity index (χ1) is 18.4. The van der Waals surface area contributed by atoms with E-state index in [1.165, 1.54) is 17.8 Å². The van der Waals surface area contributed by atoms with Gasteiger partial charge < -0.3 is 14.2 Å². The predicted molar refractivity (Wildman–Crippen MR) is 151 cm³/mol. The van der Waals surface area contributed by atoms with E-state index in [-0.39, 0.29) is 0 Å². The van der Waals surface area contributed by atoms with Crippen molar-refractivity contribution in [2.75, 3.05) is 0 Å². The van der Waals surface area contributed by atoms with Crippen LogP contribution in [0.15, 0.2) is 60.7 Å². The van der Waals surface area contributed by atoms with Gasteiger partial charge in [0, 0.05) is 31.3 Å². The molecule has 0 saturated heterocycles. The van der Waals surface area contributed by atoms with Gasteiger partial charge in [-0.25, -0.2) is 14.8 Å². The van der Waals surface area contributed by atoms with Crippen LogP contribution in [0.5, 0.6) is 0 Å². The zero-order valence-corrected chi connectivity index (χ0v) is 22.2. The second kappa shape index (κ2) is 9.60. The Kier molecular flexibility index (Phi) is 6.10. The highest BCUT2D eigenvalue weighted by Gasteiger charge is 2.22. The summed E-state index contributed by atoms with van der Waals surface area (Å²) in [5.74, 6) is 1.11. The van der Waals surface area contributed by atoms with Gasteiger partial charge in [0.25, 0.3) is 0 Å². The number of aromatic carboxylic acids is 1. The number of fused-ring (bicyclic) bond motifs is 2. The lowest BCUT2D eigenvalue weighted by Crippen LogP contribution is -2.07. The number of nitrogens with zero attached hydrogens (tertiary/aromatic N) is 4. The van der Waals surface area contributed by atoms with Crippen molar-refractivity contribution in [3.63, 3.8) is 0 Å². The molecule has 0 saturated carbocycles. The molecule has 0 unspecified atom stereocenters. The molecule has 0 radical (unpaired) electrons. The van der Waals surface area contributed by atoms with Gasteiger partial charge in [0.2, 0.25) is 0 Å². The molecule has 0 aliphatic heterocycles. The molecule has 1 N–H and O–H groups in total. The minimum absolute atomic E-state index is 0.314. The summed E-state index contributed by atoms with van der Waals surface area (Å²) in [6.45, 7) is 4.84. The Morgan fingerprint density at radius 2 is 1.82 bits per heavy atom. The summed E-state index contributed by atoms with van der Waals surface area (Å²) < 4.78 is 4.51. The molecule has 1 aliphatic carbocycles. The summed E-state index contributed by atoms with van der Waals surface area (Å²) in [5.41, 5.74) is 9.74. The number of carbonyl (C=O) groups is 1. The number of aromatic nitrogens is 4. The molecule has 192 valence electrons. The van der Waals surface area contributed by atoms with Gasteiger partial charge in [-0.15, -0.1) is 0 Å². The van der Waals surface area contributed by atoms with Crippen LogP contribution in [0, 0.1) is 6.92 Å². The summed E-state index contributed by atoms with van der Waals surface area (Å²) in [4.78, 5) is 22.3. The fraction of sp³-hybridized carbons (Fsp3) is 0.281. The van der Waals surface area contributed by atoms with E-state index in [2.05, 4.69) is 42.2 Å². The highest BCUT2D eigenvalue weighted by Crippen LogP contribution is 2.32. The molecule has 6 nitrogen and oxygen atoms in total. The van der Waals surface area contributed by atoms with Crippen LogP contribution in [0.1, 0.15) is 58.5 Å². The molecule has 2 aromatic heterocycles. The van der Waals surface area contributed by atoms with Crippen LogP contribution in [0.2, 0.25) is 0 Å². The van der Waals surface area contributed by atoms with Crippen LogP contribution < -0.4 is 0 Å². The molecular formula is C32H32N4O2. The average molecular weight is 505 g/mol. The average Bonchev–Trinajstić information content (AvgIpc) is 3.60. The van der Waals surface area contributed by atoms with Crippen molar-refractivity contribution in [2.24, 2.45) is 7.05 Å². The molecule has 1 aliphatic rings. The molecule has 2 heterocycles. The number of aryl methyl sites for hydroxylation is 3. The van der Waals surface area contributed by atoms with E-state index in [0.29, 0.717) is 12.1 Å². The molecule has 0 spiro atoms. The molecule has 0 bridgehead atoms. The van der Waals surface area contributed by atoms with Gasteiger partial charge in [0.15, 0.2) is 0 Å². The second-order valence-electron chi connectivity index (χ2n) is 10.3. The maximum atomic E-state index is 12.2. The van der Waals surface area contributed by atoms with Gasteiger partial charge in [-0.3, -0.25) is 0 Å². The zero-order chi connectivity index (χ0) is 26.4. The minimum Gasteiger partial charge on any atom is -0.478 e. The van der Waals surface area contributed by atoms with Crippen molar-refractivity contribution >= 4 is 17.0 Å². The van der Waals surface area contributed by atoms with Crippen LogP contribution >= 0.6 is 0 Å². The standard InChI is InChI=1S/C32H32N4O2/c1-4-9-29-34-30-20(2)16-23(31-33-26-12-8-13-27(26)35(31)3)18-28(30)36(29)19-21-14-15-24(25(17-21)32(37)38)22-10-6-5-7-11-22/h5-7,10-11,14-18H,4,8-9,12-13,19H2,1-3H3,(H,37,38). The minimum atomic E-state index is -0.920. The van der Waals surface area contributed by atoms with Gasteiger partial charge in [0.1, 0.15) is 11.6 Å². The summed E-state index contributed by atoms with van der Waals surface area (Å²) in [6, 6.07) is 19.9. The predicted octanol–water partition coefficient (Wildman–Crippen LogP) is 6.60. The maximum Gasteiger partial charge on any atom is 0.336 e. The Labute approximate surface area is 222 Å². The van der Waals surface area contributed by atoms with E-state index in [0.717, 1.165) is 76.2 Å². The summed E-state index contributed by atoms with van der Waals surface area (Å²) in [6.07, 6.45) is 5.15. The Hall–Kier alpha value is -4.19. The van der Waals surface area contributed by atoms with E-state index < -0.39 is 5.97 Å². The number of carboxylic acid groups (broad SMARTS) is 1. The summed E-state index contributed by atoms with van der Waals surface area (Å²) in [7, 11) is 2.12. The third-order valence-corrected chi connectivity index (χ3v) is 7.72. The number of imidazole rings is 2. The van der Waals surface area contributed by atoms with Gasteiger partial charge in [-0.1, -0.05) is 49.4 Å². The normalized spacial score (nSPS) is 12.8. The first-order valence-electron chi connectivity index (χ1n) is 13.4. The Bertz CT molecular complexity index is 1680. The topological polar surface area (TPSA) is 72.9 Å². The third kappa shape index (κ3) is 4.10. The molecule has 5 aromatic rings. The number of carboxylic acids is 1. The van der Waals surface area contributed by atoms with Crippen LogP contribution in [0.25, 0.3) is 33.5 Å². The number of benzene rings is 3. The smallest absolute Gasteiger partial charge is 0.336 e. The van der Waals surface area contributed by atoms with Gasteiger partial charge in [-0.05, 0) is 73.1 Å². The first kappa shape index (κ1) is 24.2. The van der Waals surface area contributed by atoms with Crippen molar-refractivity contribution in [2.45, 2.75) is 52.5 Å². The highest BCUT2D eigenvalue weighted by molar-refractivity contribution is 5.96. The maximum absolute atomic E-state index is 12.2. The van der Waals surface area contributed by atoms with Crippen molar-refractivity contribution in [1.29, 1.82) is 0 Å². The summed E-state index contributed by atoms with van der Waals surface area (Å²) >= 11 is 0. The lowest BCUT2D eigenvalue weighted by molar-refractivity contribution is 0.0697. The van der Waals surface area contributed by atoms with Gasteiger partial charge >= 0.3 is 5.97 Å². The number of hydrogen-bond donors (Lipinski definition) is 1. The van der Waals surface area contributed by atoms with Crippen molar-refractivity contribution in [1.82, 2.24) is 19.1 Å². The first-order valence-corrected chi connectivity index (χ1v) is 13.4. The van der Waals surface area contributed by atoms with Gasteiger partial charge in [-0.2, -0.15) is 0 Å². The largest absolute Gasteiger partial charge is 0.478 e. The fourth-order valence-corrected chi connectivity index (χ4v) is 5.86. The molecule has 0 fully saturated rings. The van der Waals surface area contributed by atoms with Crippen molar-refractivity contribution in [3.8, 4) is 22.5 Å². The molecule has 38 heavy (non-hydrogen) atoms. The summed E-state index contributed by atoms with van der Waals surface area (Å²) in [5, 5.41) is 10.0. The van der Waals surface area contributed by atoms with Crippen molar-refractivity contribution < 1.29 is 9.90 Å². The molecule has 6 rings (SSSR count). The van der Waals surface area contributed by atoms with Crippen LogP contribution in [0.4, 0.5) is 0 Å². The van der Waals surface area contributed by atoms with Crippen LogP contribution in [-0.2, 0) is 32.9 Å². The molecular weight excluding hydrogens is 472 g/mol. The van der Waals surface area contributed by atoms with E-state index in [4.69, 9.17) is 9.97 Å². The Morgan fingerprint density at radius 3 is 2.55 bits per heavy atom. The van der Waals surface area contributed by atoms with Crippen LogP contribution in [-0.4, -0.2) is 30.2 Å². The lowest BCUT2D eigenvalue weighted by Gasteiger charge is -2.13. The quantitative estimate of drug-likeness (QED) is 0.271. The van der Waals surface area contributed by atoms with E-state index >= 15 is 0 Å². The SMILES string of the molecule is CCCc1nc2c(C)cc(-c3nc4c(n3C)CCC4)cc2n1Cc1ccc(-c2ccccc2)c(C(=O)O)c1. The fourth-order valence-electron chi connectivity index (χ4n) is 5.86.